The fraction of sp³-hybridized carbons (Fsp3) is 0.167. The second-order valence-corrected chi connectivity index (χ2v) is 3.58. The van der Waals surface area contributed by atoms with Crippen molar-refractivity contribution in [1.29, 1.82) is 0 Å². The summed E-state index contributed by atoms with van der Waals surface area (Å²) in [6.07, 6.45) is 0. The largest absolute Gasteiger partial charge is 0.491 e. The first-order chi connectivity index (χ1) is 8.66. The molecule has 0 bridgehead atoms. The highest BCUT2D eigenvalue weighted by Gasteiger charge is 2.05. The highest BCUT2D eigenvalue weighted by Crippen LogP contribution is 2.22. The van der Waals surface area contributed by atoms with Crippen molar-refractivity contribution in [2.45, 2.75) is 0 Å². The van der Waals surface area contributed by atoms with Crippen LogP contribution in [0.2, 0.25) is 0 Å². The number of para-hydroxylation sites is 1. The molecule has 0 fully saturated rings. The minimum atomic E-state index is -0.453. The zero-order valence-electron chi connectivity index (χ0n) is 9.63. The molecule has 0 amide bonds. The molecule has 0 saturated heterocycles. The second-order valence-electron chi connectivity index (χ2n) is 3.58. The molecule has 0 aliphatic heterocycles. The maximum absolute atomic E-state index is 11.3. The molecule has 4 N–H and O–H groups in total. The van der Waals surface area contributed by atoms with Crippen molar-refractivity contribution in [3.63, 3.8) is 0 Å². The molecule has 0 saturated carbocycles. The van der Waals surface area contributed by atoms with Gasteiger partial charge in [0.2, 0.25) is 0 Å². The van der Waals surface area contributed by atoms with Crippen LogP contribution in [-0.2, 0) is 0 Å². The first-order valence-corrected chi connectivity index (χ1v) is 5.38. The Morgan fingerprint density at radius 2 is 2.11 bits per heavy atom. The zero-order valence-corrected chi connectivity index (χ0v) is 9.63. The summed E-state index contributed by atoms with van der Waals surface area (Å²) >= 11 is 0. The number of rotatable bonds is 4. The number of ether oxygens (including phenoxy) is 1. The number of fused-ring (bicyclic) bond motifs is 1. The summed E-state index contributed by atoms with van der Waals surface area (Å²) < 4.78 is 10.5. The number of nitrogens with zero attached hydrogens (tertiary/aromatic N) is 1. The second kappa shape index (κ2) is 5.22. The summed E-state index contributed by atoms with van der Waals surface area (Å²) in [6, 6.07) is 8.45. The monoisotopic (exact) mass is 247 g/mol. The Kier molecular flexibility index (Phi) is 3.47. The molecule has 2 rings (SSSR count). The molecule has 0 radical (unpaired) electrons. The predicted octanol–water partition coefficient (Wildman–Crippen LogP) is 0.445. The maximum Gasteiger partial charge on any atom is 0.339 e. The van der Waals surface area contributed by atoms with Crippen LogP contribution in [0.5, 0.6) is 5.75 Å². The van der Waals surface area contributed by atoms with Gasteiger partial charge in [0, 0.05) is 0 Å². The third-order valence-electron chi connectivity index (χ3n) is 2.26. The molecule has 0 aliphatic carbocycles. The number of guanidine groups is 1. The van der Waals surface area contributed by atoms with Gasteiger partial charge >= 0.3 is 5.63 Å². The van der Waals surface area contributed by atoms with E-state index in [9.17, 15) is 4.79 Å². The molecule has 94 valence electrons. The van der Waals surface area contributed by atoms with Gasteiger partial charge < -0.3 is 20.6 Å². The number of nitrogens with two attached hydrogens (primary N) is 2. The van der Waals surface area contributed by atoms with Gasteiger partial charge in [-0.25, -0.2) is 4.79 Å². The van der Waals surface area contributed by atoms with Crippen molar-refractivity contribution in [3.05, 3.63) is 40.8 Å². The molecule has 18 heavy (non-hydrogen) atoms. The summed E-state index contributed by atoms with van der Waals surface area (Å²) in [5.74, 6) is 0.476. The molecule has 0 spiro atoms. The van der Waals surface area contributed by atoms with Gasteiger partial charge in [0.25, 0.3) is 0 Å². The highest BCUT2D eigenvalue weighted by molar-refractivity contribution is 5.82. The molecular weight excluding hydrogens is 234 g/mol. The van der Waals surface area contributed by atoms with Crippen LogP contribution in [0, 0.1) is 0 Å². The minimum Gasteiger partial charge on any atom is -0.491 e. The van der Waals surface area contributed by atoms with E-state index in [4.69, 9.17) is 20.6 Å². The molecular formula is C12H13N3O3. The lowest BCUT2D eigenvalue weighted by Gasteiger charge is -2.06. The first kappa shape index (κ1) is 12.0. The zero-order chi connectivity index (χ0) is 13.0. The summed E-state index contributed by atoms with van der Waals surface area (Å²) in [6.45, 7) is 0.613. The van der Waals surface area contributed by atoms with E-state index in [2.05, 4.69) is 4.99 Å². The van der Waals surface area contributed by atoms with Crippen molar-refractivity contribution in [2.75, 3.05) is 13.2 Å². The van der Waals surface area contributed by atoms with Crippen LogP contribution in [0.15, 0.2) is 44.5 Å². The Bertz CT molecular complexity index is 630. The fourth-order valence-corrected chi connectivity index (χ4v) is 1.53. The van der Waals surface area contributed by atoms with Crippen LogP contribution < -0.4 is 21.8 Å². The number of hydrogen-bond donors (Lipinski definition) is 2. The van der Waals surface area contributed by atoms with Gasteiger partial charge in [-0.3, -0.25) is 4.99 Å². The summed E-state index contributed by atoms with van der Waals surface area (Å²) in [7, 11) is 0. The smallest absolute Gasteiger partial charge is 0.339 e. The Labute approximate surface area is 103 Å². The quantitative estimate of drug-likeness (QED) is 0.353. The Hall–Kier alpha value is -2.50. The summed E-state index contributed by atoms with van der Waals surface area (Å²) in [4.78, 5) is 15.1. The predicted molar refractivity (Wildman–Crippen MR) is 68.7 cm³/mol. The molecule has 0 unspecified atom stereocenters. The van der Waals surface area contributed by atoms with Gasteiger partial charge in [-0.05, 0) is 12.1 Å². The van der Waals surface area contributed by atoms with E-state index in [1.807, 2.05) is 12.1 Å². The van der Waals surface area contributed by atoms with E-state index in [1.54, 1.807) is 12.1 Å². The molecule has 0 atom stereocenters. The van der Waals surface area contributed by atoms with Crippen LogP contribution in [0.25, 0.3) is 11.0 Å². The summed E-state index contributed by atoms with van der Waals surface area (Å²) in [5, 5.41) is 0.738. The van der Waals surface area contributed by atoms with Crippen molar-refractivity contribution in [1.82, 2.24) is 0 Å². The van der Waals surface area contributed by atoms with E-state index in [0.29, 0.717) is 17.9 Å². The van der Waals surface area contributed by atoms with Gasteiger partial charge in [-0.15, -0.1) is 0 Å². The lowest BCUT2D eigenvalue weighted by molar-refractivity contribution is 0.329. The number of aliphatic imine (C=N–C) groups is 1. The molecule has 1 aromatic carbocycles. The molecule has 0 aliphatic rings. The van der Waals surface area contributed by atoms with Gasteiger partial charge in [0.1, 0.15) is 17.9 Å². The van der Waals surface area contributed by atoms with Crippen LogP contribution in [-0.4, -0.2) is 19.1 Å². The Balaban J connectivity index is 2.22. The van der Waals surface area contributed by atoms with E-state index >= 15 is 0 Å². The standard InChI is InChI=1S/C12H13N3O3/c13-12(14)15-5-6-17-10-7-11(16)18-9-4-2-1-3-8(9)10/h1-4,7H,5-6H2,(H4,13,14,15). The lowest BCUT2D eigenvalue weighted by atomic mass is 10.2. The van der Waals surface area contributed by atoms with E-state index in [0.717, 1.165) is 5.39 Å². The number of benzene rings is 1. The first-order valence-electron chi connectivity index (χ1n) is 5.38. The van der Waals surface area contributed by atoms with Crippen LogP contribution in [0.4, 0.5) is 0 Å². The maximum atomic E-state index is 11.3. The van der Waals surface area contributed by atoms with Gasteiger partial charge in [-0.1, -0.05) is 12.1 Å². The van der Waals surface area contributed by atoms with Gasteiger partial charge in [0.15, 0.2) is 5.96 Å². The minimum absolute atomic E-state index is 0.0102. The van der Waals surface area contributed by atoms with E-state index < -0.39 is 5.63 Å². The van der Waals surface area contributed by atoms with Crippen molar-refractivity contribution in [3.8, 4) is 5.75 Å². The Morgan fingerprint density at radius 1 is 1.33 bits per heavy atom. The van der Waals surface area contributed by atoms with Crippen LogP contribution in [0.1, 0.15) is 0 Å². The number of hydrogen-bond acceptors (Lipinski definition) is 4. The molecule has 1 aromatic heterocycles. The van der Waals surface area contributed by atoms with Gasteiger partial charge in [-0.2, -0.15) is 0 Å². The van der Waals surface area contributed by atoms with E-state index in [1.165, 1.54) is 6.07 Å². The third-order valence-corrected chi connectivity index (χ3v) is 2.26. The fourth-order valence-electron chi connectivity index (χ4n) is 1.53. The van der Waals surface area contributed by atoms with Crippen molar-refractivity contribution < 1.29 is 9.15 Å². The van der Waals surface area contributed by atoms with Crippen LogP contribution in [0.3, 0.4) is 0 Å². The van der Waals surface area contributed by atoms with Gasteiger partial charge in [0.05, 0.1) is 18.0 Å². The van der Waals surface area contributed by atoms with E-state index in [-0.39, 0.29) is 12.6 Å². The topological polar surface area (TPSA) is 104 Å². The summed E-state index contributed by atoms with van der Waals surface area (Å²) in [5.41, 5.74) is 10.4. The normalized spacial score (nSPS) is 10.2. The third kappa shape index (κ3) is 2.79. The highest BCUT2D eigenvalue weighted by atomic mass is 16.5. The Morgan fingerprint density at radius 3 is 2.89 bits per heavy atom. The van der Waals surface area contributed by atoms with Crippen molar-refractivity contribution in [2.24, 2.45) is 16.5 Å². The molecule has 6 nitrogen and oxygen atoms in total. The van der Waals surface area contributed by atoms with Crippen LogP contribution >= 0.6 is 0 Å². The SMILES string of the molecule is NC(N)=NCCOc1cc(=O)oc2ccccc12. The molecule has 2 aromatic rings. The average molecular weight is 247 g/mol. The molecule has 6 heteroatoms. The average Bonchev–Trinajstić information content (AvgIpc) is 2.34. The molecule has 1 heterocycles. The van der Waals surface area contributed by atoms with Crippen molar-refractivity contribution >= 4 is 16.9 Å². The lowest BCUT2D eigenvalue weighted by Crippen LogP contribution is -2.23.